The lowest BCUT2D eigenvalue weighted by molar-refractivity contribution is -0.146. The van der Waals surface area contributed by atoms with E-state index in [1.807, 2.05) is 13.8 Å². The number of benzene rings is 1. The lowest BCUT2D eigenvalue weighted by Crippen LogP contribution is -2.40. The molecule has 230 valence electrons. The van der Waals surface area contributed by atoms with Crippen molar-refractivity contribution in [3.05, 3.63) is 53.2 Å². The SMILES string of the molecule is CCC(CC)COC(=O)[C@H](C)NP(=O)(OC[C@H]1O[C@@H](c2cnc3c(C)ncnn23)[C@](C)(F)[C@@H]1O)Oc1ccc(Cl)cc1. The van der Waals surface area contributed by atoms with Crippen molar-refractivity contribution in [3.8, 4) is 5.75 Å². The second kappa shape index (κ2) is 13.3. The number of carbonyl (C=O) groups is 1. The third-order valence-corrected chi connectivity index (χ3v) is 9.19. The molecule has 0 amide bonds. The van der Waals surface area contributed by atoms with E-state index in [4.69, 9.17) is 30.1 Å². The van der Waals surface area contributed by atoms with Crippen LogP contribution in [-0.2, 0) is 23.4 Å². The summed E-state index contributed by atoms with van der Waals surface area (Å²) in [5, 5.41) is 18.0. The van der Waals surface area contributed by atoms with E-state index >= 15 is 4.39 Å². The Hall–Kier alpha value is -2.67. The molecular formula is C27H36ClFN5O7P. The van der Waals surface area contributed by atoms with Crippen molar-refractivity contribution >= 4 is 31.0 Å². The van der Waals surface area contributed by atoms with Crippen molar-refractivity contribution in [1.82, 2.24) is 24.7 Å². The molecule has 0 bridgehead atoms. The van der Waals surface area contributed by atoms with Crippen LogP contribution in [0.4, 0.5) is 4.39 Å². The number of aliphatic hydroxyl groups is 1. The maximum Gasteiger partial charge on any atom is 0.459 e. The van der Waals surface area contributed by atoms with E-state index in [0.29, 0.717) is 16.4 Å². The first-order valence-electron chi connectivity index (χ1n) is 13.7. The zero-order valence-corrected chi connectivity index (χ0v) is 25.7. The second-order valence-electron chi connectivity index (χ2n) is 10.4. The maximum absolute atomic E-state index is 15.9. The lowest BCUT2D eigenvalue weighted by Gasteiger charge is -2.25. The van der Waals surface area contributed by atoms with Gasteiger partial charge < -0.3 is 19.1 Å². The number of ether oxygens (including phenoxy) is 2. The Kier molecular flexibility index (Phi) is 10.2. The van der Waals surface area contributed by atoms with Gasteiger partial charge in [-0.1, -0.05) is 38.3 Å². The number of nitrogens with zero attached hydrogens (tertiary/aromatic N) is 4. The standard InChI is InChI=1S/C27H36ClFN5O7P/c1-6-18(7-2)13-38-26(36)17(4)33-42(37,41-20-10-8-19(28)9-11-20)39-14-22-23(35)27(5,29)24(40-22)21-12-30-25-16(3)31-15-32-34(21)25/h8-12,15,17-18,22-24,35H,6-7,13-14H2,1-5H3,(H,33,37)/t17-,22+,23+,24-,27+,42?/m0/s1. The fourth-order valence-corrected chi connectivity index (χ4v) is 6.18. The third-order valence-electron chi connectivity index (χ3n) is 7.30. The normalized spacial score (nSPS) is 24.5. The van der Waals surface area contributed by atoms with Gasteiger partial charge in [-0.2, -0.15) is 10.2 Å². The minimum absolute atomic E-state index is 0.134. The number of alkyl halides is 1. The van der Waals surface area contributed by atoms with Crippen LogP contribution in [-0.4, -0.2) is 67.8 Å². The summed E-state index contributed by atoms with van der Waals surface area (Å²) >= 11 is 5.96. The minimum atomic E-state index is -4.32. The molecule has 15 heteroatoms. The number of esters is 1. The molecule has 1 aromatic carbocycles. The molecule has 42 heavy (non-hydrogen) atoms. The molecule has 4 rings (SSSR count). The number of halogens is 2. The van der Waals surface area contributed by atoms with E-state index in [9.17, 15) is 14.5 Å². The molecule has 3 heterocycles. The van der Waals surface area contributed by atoms with Crippen LogP contribution in [0, 0.1) is 12.8 Å². The Morgan fingerprint density at radius 3 is 2.64 bits per heavy atom. The first-order chi connectivity index (χ1) is 19.9. The zero-order chi connectivity index (χ0) is 30.7. The van der Waals surface area contributed by atoms with E-state index in [0.717, 1.165) is 12.8 Å². The highest BCUT2D eigenvalue weighted by molar-refractivity contribution is 7.52. The van der Waals surface area contributed by atoms with Crippen LogP contribution in [0.2, 0.25) is 5.02 Å². The number of carbonyl (C=O) groups excluding carboxylic acids is 1. The number of aromatic nitrogens is 4. The van der Waals surface area contributed by atoms with Gasteiger partial charge in [0.1, 0.15) is 36.4 Å². The molecule has 0 spiro atoms. The van der Waals surface area contributed by atoms with Gasteiger partial charge in [0.25, 0.3) is 0 Å². The highest BCUT2D eigenvalue weighted by atomic mass is 35.5. The molecule has 2 N–H and O–H groups in total. The smallest absolute Gasteiger partial charge is 0.459 e. The molecule has 6 atom stereocenters. The van der Waals surface area contributed by atoms with Crippen LogP contribution < -0.4 is 9.61 Å². The van der Waals surface area contributed by atoms with Crippen molar-refractivity contribution in [2.75, 3.05) is 13.2 Å². The molecule has 1 aliphatic heterocycles. The van der Waals surface area contributed by atoms with Gasteiger partial charge in [0, 0.05) is 5.02 Å². The van der Waals surface area contributed by atoms with Crippen LogP contribution in [0.1, 0.15) is 58.0 Å². The molecule has 1 unspecified atom stereocenters. The highest BCUT2D eigenvalue weighted by Gasteiger charge is 2.56. The molecule has 1 aliphatic rings. The van der Waals surface area contributed by atoms with E-state index in [1.54, 1.807) is 6.92 Å². The molecule has 0 radical (unpaired) electrons. The van der Waals surface area contributed by atoms with Crippen LogP contribution in [0.25, 0.3) is 5.65 Å². The van der Waals surface area contributed by atoms with Gasteiger partial charge >= 0.3 is 13.7 Å². The molecule has 0 aliphatic carbocycles. The summed E-state index contributed by atoms with van der Waals surface area (Å²) in [4.78, 5) is 21.0. The van der Waals surface area contributed by atoms with Gasteiger partial charge in [-0.25, -0.2) is 23.4 Å². The molecule has 1 fully saturated rings. The van der Waals surface area contributed by atoms with Crippen molar-refractivity contribution in [2.24, 2.45) is 5.92 Å². The Morgan fingerprint density at radius 1 is 1.29 bits per heavy atom. The number of imidazole rings is 1. The average Bonchev–Trinajstić information content (AvgIpc) is 3.48. The summed E-state index contributed by atoms with van der Waals surface area (Å²) in [5.41, 5.74) is -1.04. The predicted octanol–water partition coefficient (Wildman–Crippen LogP) is 4.78. The largest absolute Gasteiger partial charge is 0.464 e. The summed E-state index contributed by atoms with van der Waals surface area (Å²) < 4.78 is 53.9. The van der Waals surface area contributed by atoms with Gasteiger partial charge in [-0.3, -0.25) is 9.32 Å². The average molecular weight is 628 g/mol. The number of hydrogen-bond donors (Lipinski definition) is 2. The zero-order valence-electron chi connectivity index (χ0n) is 24.1. The number of nitrogens with one attached hydrogen (secondary N) is 1. The topological polar surface area (TPSA) is 146 Å². The van der Waals surface area contributed by atoms with Crippen molar-refractivity contribution in [3.63, 3.8) is 0 Å². The van der Waals surface area contributed by atoms with Crippen molar-refractivity contribution in [2.45, 2.75) is 77.5 Å². The Labute approximate surface area is 248 Å². The second-order valence-corrected chi connectivity index (χ2v) is 12.5. The highest BCUT2D eigenvalue weighted by Crippen LogP contribution is 2.49. The number of fused-ring (bicyclic) bond motifs is 1. The van der Waals surface area contributed by atoms with Gasteiger partial charge in [0.15, 0.2) is 11.3 Å². The predicted molar refractivity (Wildman–Crippen MR) is 152 cm³/mol. The fraction of sp³-hybridized carbons (Fsp3) is 0.556. The third kappa shape index (κ3) is 7.10. The molecule has 1 saturated heterocycles. The van der Waals surface area contributed by atoms with Crippen LogP contribution in [0.15, 0.2) is 36.8 Å². The van der Waals surface area contributed by atoms with Crippen LogP contribution in [0.5, 0.6) is 5.75 Å². The molecule has 0 saturated carbocycles. The van der Waals surface area contributed by atoms with Gasteiger partial charge in [0.2, 0.25) is 0 Å². The van der Waals surface area contributed by atoms with Crippen LogP contribution in [0.3, 0.4) is 0 Å². The summed E-state index contributed by atoms with van der Waals surface area (Å²) in [6.45, 7) is 8.06. The summed E-state index contributed by atoms with van der Waals surface area (Å²) in [7, 11) is -4.32. The van der Waals surface area contributed by atoms with Gasteiger partial charge in [-0.05, 0) is 51.0 Å². The van der Waals surface area contributed by atoms with E-state index in [2.05, 4.69) is 20.2 Å². The summed E-state index contributed by atoms with van der Waals surface area (Å²) in [6, 6.07) is 4.91. The van der Waals surface area contributed by atoms with E-state index in [1.165, 1.54) is 55.2 Å². The molecular weight excluding hydrogens is 592 g/mol. The summed E-state index contributed by atoms with van der Waals surface area (Å²) in [6.07, 6.45) is 0.165. The van der Waals surface area contributed by atoms with E-state index in [-0.39, 0.29) is 24.0 Å². The maximum atomic E-state index is 15.9. The monoisotopic (exact) mass is 627 g/mol. The number of aryl methyl sites for hydroxylation is 1. The number of aliphatic hydroxyl groups excluding tert-OH is 1. The number of rotatable bonds is 13. The van der Waals surface area contributed by atoms with Crippen molar-refractivity contribution in [1.29, 1.82) is 0 Å². The summed E-state index contributed by atoms with van der Waals surface area (Å²) in [5.74, 6) is -0.319. The number of hydrogen-bond acceptors (Lipinski definition) is 10. The van der Waals surface area contributed by atoms with Crippen LogP contribution >= 0.6 is 19.3 Å². The molecule has 12 nitrogen and oxygen atoms in total. The fourth-order valence-electron chi connectivity index (χ4n) is 4.55. The quantitative estimate of drug-likeness (QED) is 0.199. The van der Waals surface area contributed by atoms with Crippen molar-refractivity contribution < 1.29 is 37.4 Å². The van der Waals surface area contributed by atoms with E-state index < -0.39 is 50.3 Å². The first kappa shape index (κ1) is 32.2. The minimum Gasteiger partial charge on any atom is -0.464 e. The van der Waals surface area contributed by atoms with Gasteiger partial charge in [0.05, 0.1) is 30.8 Å². The Balaban J connectivity index is 1.51. The Bertz CT molecular complexity index is 1420. The Morgan fingerprint density at radius 2 is 1.98 bits per heavy atom. The first-order valence-corrected chi connectivity index (χ1v) is 15.6. The lowest BCUT2D eigenvalue weighted by atomic mass is 9.93. The molecule has 2 aromatic heterocycles. The molecule has 3 aromatic rings. The van der Waals surface area contributed by atoms with Gasteiger partial charge in [-0.15, -0.1) is 0 Å².